The molecule has 0 aromatic carbocycles. The molecule has 208 valence electrons. The van der Waals surface area contributed by atoms with E-state index in [9.17, 15) is 9.90 Å². The van der Waals surface area contributed by atoms with Crippen molar-refractivity contribution < 1.29 is 14.5 Å². The van der Waals surface area contributed by atoms with E-state index in [4.69, 9.17) is 0 Å². The first-order chi connectivity index (χ1) is 16.5. The quantitative estimate of drug-likeness (QED) is 0.469. The number of carbonyl (C=O) groups excluding carboxylic acids is 1. The van der Waals surface area contributed by atoms with Crippen LogP contribution in [0, 0.1) is 0 Å². The van der Waals surface area contributed by atoms with Crippen LogP contribution in [-0.2, 0) is 4.79 Å². The van der Waals surface area contributed by atoms with Crippen molar-refractivity contribution in [3.8, 4) is 0 Å². The summed E-state index contributed by atoms with van der Waals surface area (Å²) in [5, 5.41) is 21.6. The summed E-state index contributed by atoms with van der Waals surface area (Å²) in [5.41, 5.74) is 0.478. The molecule has 36 heavy (non-hydrogen) atoms. The molecule has 2 heterocycles. The maximum atomic E-state index is 14.0. The highest BCUT2D eigenvalue weighted by atomic mass is 16.3. The van der Waals surface area contributed by atoms with Gasteiger partial charge in [0.05, 0.1) is 6.04 Å². The van der Waals surface area contributed by atoms with Gasteiger partial charge in [-0.05, 0) is 87.3 Å². The van der Waals surface area contributed by atoms with Gasteiger partial charge >= 0.3 is 0 Å². The number of carbonyl (C=O) groups is 1. The molecule has 3 rings (SSSR count). The zero-order valence-corrected chi connectivity index (χ0v) is 25.1. The van der Waals surface area contributed by atoms with E-state index in [1.165, 1.54) is 0 Å². The zero-order valence-electron chi connectivity index (χ0n) is 25.1. The second kappa shape index (κ2) is 10.7. The molecule has 2 saturated heterocycles. The molecule has 0 radical (unpaired) electrons. The standard InChI is InChI=1S/C30H56N4O2/c1-11-13-15-33(21-17-27(3,4)31-28(5,6)18-21)23-25(35)24(26(23)36)34(16-14-12-2)22-19-29(7,8)32-30(9,10)20-22/h21-23,25,31-32H,11-20H2,1-10H3. The largest absolute Gasteiger partial charge is 0.843 e. The first-order valence-corrected chi connectivity index (χ1v) is 14.7. The van der Waals surface area contributed by atoms with E-state index < -0.39 is 12.1 Å². The minimum absolute atomic E-state index is 0.0198. The van der Waals surface area contributed by atoms with E-state index in [0.717, 1.165) is 64.5 Å². The van der Waals surface area contributed by atoms with Crippen molar-refractivity contribution in [1.29, 1.82) is 0 Å². The lowest BCUT2D eigenvalue weighted by Gasteiger charge is -2.55. The summed E-state index contributed by atoms with van der Waals surface area (Å²) in [4.78, 5) is 16.3. The number of unbranched alkanes of at least 4 members (excludes halogenated alkanes) is 2. The van der Waals surface area contributed by atoms with Gasteiger partial charge in [0.25, 0.3) is 0 Å². The fourth-order valence-electron chi connectivity index (χ4n) is 7.82. The molecule has 3 fully saturated rings. The van der Waals surface area contributed by atoms with Gasteiger partial charge in [-0.3, -0.25) is 9.69 Å². The molecule has 2 atom stereocenters. The molecule has 1 saturated carbocycles. The van der Waals surface area contributed by atoms with Crippen LogP contribution in [0.25, 0.3) is 0 Å². The van der Waals surface area contributed by atoms with Gasteiger partial charge < -0.3 is 15.7 Å². The maximum Gasteiger partial charge on any atom is 0.236 e. The Hall–Kier alpha value is -0.820. The van der Waals surface area contributed by atoms with Crippen molar-refractivity contribution in [2.75, 3.05) is 13.1 Å². The summed E-state index contributed by atoms with van der Waals surface area (Å²) in [6.07, 6.45) is 7.02. The van der Waals surface area contributed by atoms with Crippen LogP contribution in [-0.4, -0.2) is 80.4 Å². The van der Waals surface area contributed by atoms with Gasteiger partial charge in [-0.25, -0.2) is 4.58 Å². The topological polar surface area (TPSA) is 70.4 Å². The minimum atomic E-state index is -0.951. The molecular weight excluding hydrogens is 448 g/mol. The Morgan fingerprint density at radius 3 is 1.75 bits per heavy atom. The maximum absolute atomic E-state index is 14.0. The van der Waals surface area contributed by atoms with Crippen LogP contribution in [0.4, 0.5) is 0 Å². The van der Waals surface area contributed by atoms with Crippen molar-refractivity contribution >= 4 is 11.5 Å². The Balaban J connectivity index is 1.94. The summed E-state index contributed by atoms with van der Waals surface area (Å²) in [5.74, 6) is 0.102. The molecule has 2 unspecified atom stereocenters. The van der Waals surface area contributed by atoms with E-state index in [2.05, 4.69) is 89.3 Å². The molecule has 2 aliphatic heterocycles. The second-order valence-corrected chi connectivity index (χ2v) is 14.7. The van der Waals surface area contributed by atoms with Crippen LogP contribution in [0.3, 0.4) is 0 Å². The first-order valence-electron chi connectivity index (χ1n) is 14.7. The Morgan fingerprint density at radius 2 is 1.31 bits per heavy atom. The Labute approximate surface area is 221 Å². The molecular formula is C30H56N4O2. The van der Waals surface area contributed by atoms with Crippen molar-refractivity contribution in [1.82, 2.24) is 15.5 Å². The number of nitrogens with zero attached hydrogens (tertiary/aromatic N) is 2. The fraction of sp³-hybridized carbons (Fsp3) is 0.933. The molecule has 0 aromatic heterocycles. The number of hydrogen-bond donors (Lipinski definition) is 2. The average molecular weight is 505 g/mol. The van der Waals surface area contributed by atoms with Gasteiger partial charge in [0.15, 0.2) is 6.04 Å². The lowest BCUT2D eigenvalue weighted by atomic mass is 9.75. The van der Waals surface area contributed by atoms with Gasteiger partial charge in [0, 0.05) is 47.5 Å². The monoisotopic (exact) mass is 504 g/mol. The summed E-state index contributed by atoms with van der Waals surface area (Å²) >= 11 is 0. The van der Waals surface area contributed by atoms with Gasteiger partial charge in [0.2, 0.25) is 11.5 Å². The van der Waals surface area contributed by atoms with E-state index in [1.54, 1.807) is 0 Å². The molecule has 2 N–H and O–H groups in total. The summed E-state index contributed by atoms with van der Waals surface area (Å²) in [6, 6.07) is -0.0521. The molecule has 0 bridgehead atoms. The normalized spacial score (nSPS) is 31.4. The van der Waals surface area contributed by atoms with Crippen LogP contribution in [0.1, 0.15) is 121 Å². The molecule has 1 aliphatic carbocycles. The van der Waals surface area contributed by atoms with E-state index >= 15 is 0 Å². The van der Waals surface area contributed by atoms with Crippen molar-refractivity contribution in [2.24, 2.45) is 0 Å². The van der Waals surface area contributed by atoms with Crippen LogP contribution in [0.15, 0.2) is 0 Å². The Bertz CT molecular complexity index is 797. The van der Waals surface area contributed by atoms with Crippen LogP contribution >= 0.6 is 0 Å². The minimum Gasteiger partial charge on any atom is -0.843 e. The number of hydrogen-bond acceptors (Lipinski definition) is 5. The third-order valence-corrected chi connectivity index (χ3v) is 8.51. The number of Topliss-reactive ketones (excluding diaryl/α,β-unsaturated/α-hetero) is 1. The summed E-state index contributed by atoms with van der Waals surface area (Å²) in [7, 11) is 0. The van der Waals surface area contributed by atoms with Gasteiger partial charge in [0.1, 0.15) is 6.54 Å². The molecule has 3 aliphatic rings. The smallest absolute Gasteiger partial charge is 0.236 e. The molecule has 6 nitrogen and oxygen atoms in total. The predicted octanol–water partition coefficient (Wildman–Crippen LogP) is 3.64. The third-order valence-electron chi connectivity index (χ3n) is 8.51. The van der Waals surface area contributed by atoms with Crippen LogP contribution in [0.5, 0.6) is 0 Å². The predicted molar refractivity (Wildman–Crippen MR) is 148 cm³/mol. The van der Waals surface area contributed by atoms with Crippen LogP contribution in [0.2, 0.25) is 0 Å². The van der Waals surface area contributed by atoms with Gasteiger partial charge in [-0.2, -0.15) is 0 Å². The van der Waals surface area contributed by atoms with E-state index in [1.807, 2.05) is 0 Å². The highest BCUT2D eigenvalue weighted by Gasteiger charge is 2.54. The molecule has 0 amide bonds. The zero-order chi connectivity index (χ0) is 27.1. The molecule has 6 heteroatoms. The van der Waals surface area contributed by atoms with Gasteiger partial charge in [-0.15, -0.1) is 0 Å². The van der Waals surface area contributed by atoms with Crippen molar-refractivity contribution in [3.63, 3.8) is 0 Å². The number of piperidine rings is 2. The second-order valence-electron chi connectivity index (χ2n) is 14.7. The highest BCUT2D eigenvalue weighted by molar-refractivity contribution is 6.48. The highest BCUT2D eigenvalue weighted by Crippen LogP contribution is 2.36. The Morgan fingerprint density at radius 1 is 0.833 bits per heavy atom. The van der Waals surface area contributed by atoms with Crippen LogP contribution < -0.4 is 15.7 Å². The lowest BCUT2D eigenvalue weighted by Crippen LogP contribution is -2.76. The SMILES string of the molecule is CCCCN(C1CC(C)(C)NC(C)(C)C1)C1C(=O)C(=[N+](CCCC)C2CC(C)(C)NC(C)(C)C2)C1[O-]. The lowest BCUT2D eigenvalue weighted by molar-refractivity contribution is -0.584. The fourth-order valence-corrected chi connectivity index (χ4v) is 7.82. The van der Waals surface area contributed by atoms with Gasteiger partial charge in [-0.1, -0.05) is 26.7 Å². The average Bonchev–Trinajstić information content (AvgIpc) is 2.69. The number of rotatable bonds is 9. The molecule has 0 aromatic rings. The first kappa shape index (κ1) is 29.7. The number of nitrogens with one attached hydrogen (secondary N) is 2. The van der Waals surface area contributed by atoms with E-state index in [-0.39, 0.29) is 40.0 Å². The number of ketones is 1. The van der Waals surface area contributed by atoms with E-state index in [0.29, 0.717) is 5.71 Å². The summed E-state index contributed by atoms with van der Waals surface area (Å²) < 4.78 is 2.26. The Kier molecular flexibility index (Phi) is 8.87. The summed E-state index contributed by atoms with van der Waals surface area (Å²) in [6.45, 7) is 24.0. The molecule has 0 spiro atoms. The third kappa shape index (κ3) is 6.78. The van der Waals surface area contributed by atoms with Crippen molar-refractivity contribution in [2.45, 2.75) is 167 Å². The van der Waals surface area contributed by atoms with Crippen molar-refractivity contribution in [3.05, 3.63) is 0 Å².